The molecule has 2 N–H and O–H groups in total. The third-order valence-corrected chi connectivity index (χ3v) is 11.3. The van der Waals surface area contributed by atoms with Crippen LogP contribution in [-0.4, -0.2) is 56.4 Å². The standard InChI is InChI=1S/C40H37Cl2FN6O4/c1-22-29-16-24(17-31(42)37(29)47-46-22)39(50)44-26-7-9-34-33(19-26)45-36(49(34)20-27-12-15-51-27)21-48-13-10-23(11-14-48)28-4-3-5-35-38(28)53-40(2,52-35)30-8-6-25(41)18-32(30)43/h3-9,16-19,23,27H,10-15,20-21H2,1-2H3,(H,44,50)(H,46,47). The highest BCUT2D eigenvalue weighted by Gasteiger charge is 2.43. The average molecular weight is 756 g/mol. The van der Waals surface area contributed by atoms with Gasteiger partial charge in [0.25, 0.3) is 11.7 Å². The van der Waals surface area contributed by atoms with Gasteiger partial charge in [-0.15, -0.1) is 0 Å². The lowest BCUT2D eigenvalue weighted by atomic mass is 9.88. The second-order valence-corrected chi connectivity index (χ2v) is 15.1. The Labute approximate surface area is 315 Å². The summed E-state index contributed by atoms with van der Waals surface area (Å²) in [6, 6.07) is 19.8. The number of fused-ring (bicyclic) bond motifs is 3. The Kier molecular flexibility index (Phi) is 8.57. The van der Waals surface area contributed by atoms with Crippen molar-refractivity contribution >= 4 is 56.7 Å². The number of nitrogens with zero attached hydrogens (tertiary/aromatic N) is 4. The predicted molar refractivity (Wildman–Crippen MR) is 202 cm³/mol. The molecule has 0 spiro atoms. The van der Waals surface area contributed by atoms with Crippen molar-refractivity contribution in [1.82, 2.24) is 24.6 Å². The van der Waals surface area contributed by atoms with Crippen LogP contribution in [0.3, 0.4) is 0 Å². The van der Waals surface area contributed by atoms with E-state index in [4.69, 9.17) is 42.4 Å². The summed E-state index contributed by atoms with van der Waals surface area (Å²) in [5.74, 6) is 0.480. The van der Waals surface area contributed by atoms with Gasteiger partial charge in [0, 0.05) is 40.8 Å². The molecule has 0 radical (unpaired) electrons. The zero-order valence-corrected chi connectivity index (χ0v) is 30.7. The van der Waals surface area contributed by atoms with Crippen molar-refractivity contribution in [3.8, 4) is 11.5 Å². The fourth-order valence-electron chi connectivity index (χ4n) is 7.79. The number of anilines is 1. The summed E-state index contributed by atoms with van der Waals surface area (Å²) < 4.78 is 35.7. The first-order chi connectivity index (χ1) is 25.6. The van der Waals surface area contributed by atoms with Crippen molar-refractivity contribution in [2.75, 3.05) is 25.0 Å². The van der Waals surface area contributed by atoms with E-state index in [2.05, 4.69) is 31.0 Å². The fourth-order valence-corrected chi connectivity index (χ4v) is 8.21. The lowest BCUT2D eigenvalue weighted by molar-refractivity contribution is -0.0712. The van der Waals surface area contributed by atoms with E-state index in [9.17, 15) is 9.18 Å². The number of amides is 1. The highest BCUT2D eigenvalue weighted by atomic mass is 35.5. The number of nitrogens with one attached hydrogen (secondary N) is 2. The van der Waals surface area contributed by atoms with Gasteiger partial charge in [0.05, 0.1) is 52.0 Å². The smallest absolute Gasteiger partial charge is 0.278 e. The number of carbonyl (C=O) groups is 1. The topological polar surface area (TPSA) is 107 Å². The van der Waals surface area contributed by atoms with E-state index in [1.807, 2.05) is 37.3 Å². The maximum atomic E-state index is 14.9. The van der Waals surface area contributed by atoms with Crippen LogP contribution >= 0.6 is 23.2 Å². The van der Waals surface area contributed by atoms with Gasteiger partial charge in [0.2, 0.25) is 0 Å². The van der Waals surface area contributed by atoms with Crippen molar-refractivity contribution in [3.63, 3.8) is 0 Å². The molecule has 53 heavy (non-hydrogen) atoms. The molecule has 13 heteroatoms. The van der Waals surface area contributed by atoms with Crippen LogP contribution in [0.5, 0.6) is 11.5 Å². The van der Waals surface area contributed by atoms with E-state index in [0.717, 1.165) is 79.0 Å². The highest BCUT2D eigenvalue weighted by Crippen LogP contribution is 2.50. The molecule has 2 unspecified atom stereocenters. The molecular formula is C40H37Cl2FN6O4. The number of hydrogen-bond donors (Lipinski definition) is 2. The van der Waals surface area contributed by atoms with Gasteiger partial charge in [0.15, 0.2) is 11.5 Å². The minimum absolute atomic E-state index is 0.150. The van der Waals surface area contributed by atoms with Gasteiger partial charge in [-0.25, -0.2) is 9.37 Å². The van der Waals surface area contributed by atoms with E-state index in [1.165, 1.54) is 6.07 Å². The van der Waals surface area contributed by atoms with Crippen LogP contribution in [0.4, 0.5) is 10.1 Å². The Balaban J connectivity index is 0.912. The Morgan fingerprint density at radius 2 is 1.89 bits per heavy atom. The normalized spacial score (nSPS) is 20.3. The van der Waals surface area contributed by atoms with Crippen LogP contribution in [0.25, 0.3) is 21.9 Å². The van der Waals surface area contributed by atoms with Crippen LogP contribution in [0.2, 0.25) is 10.0 Å². The molecule has 272 valence electrons. The average Bonchev–Trinajstić information content (AvgIpc) is 3.78. The number of hydrogen-bond acceptors (Lipinski definition) is 7. The molecule has 0 aliphatic carbocycles. The number of imidazole rings is 1. The van der Waals surface area contributed by atoms with Gasteiger partial charge in [-0.3, -0.25) is 14.8 Å². The number of aromatic amines is 1. The first-order valence-electron chi connectivity index (χ1n) is 17.9. The number of aromatic nitrogens is 4. The molecule has 5 heterocycles. The van der Waals surface area contributed by atoms with Gasteiger partial charge in [0.1, 0.15) is 11.6 Å². The van der Waals surface area contributed by atoms with Crippen LogP contribution in [0, 0.1) is 12.7 Å². The molecule has 3 aliphatic heterocycles. The summed E-state index contributed by atoms with van der Waals surface area (Å²) in [7, 11) is 0. The minimum Gasteiger partial charge on any atom is -0.444 e. The molecule has 10 nitrogen and oxygen atoms in total. The van der Waals surface area contributed by atoms with Crippen LogP contribution in [0.15, 0.2) is 66.7 Å². The molecule has 3 aliphatic rings. The molecule has 2 atom stereocenters. The van der Waals surface area contributed by atoms with E-state index >= 15 is 0 Å². The number of para-hydroxylation sites is 1. The number of ether oxygens (including phenoxy) is 3. The number of H-pyrrole nitrogens is 1. The number of halogens is 3. The minimum atomic E-state index is -1.29. The number of rotatable bonds is 8. The molecule has 2 saturated heterocycles. The van der Waals surface area contributed by atoms with Gasteiger partial charge in [-0.1, -0.05) is 35.3 Å². The molecule has 0 bridgehead atoms. The number of benzene rings is 4. The number of carbonyl (C=O) groups excluding carboxylic acids is 1. The van der Waals surface area contributed by atoms with Crippen molar-refractivity contribution in [3.05, 3.63) is 111 Å². The number of aryl methyl sites for hydroxylation is 1. The molecule has 9 rings (SSSR count). The van der Waals surface area contributed by atoms with E-state index in [1.54, 1.807) is 31.2 Å². The summed E-state index contributed by atoms with van der Waals surface area (Å²) in [6.07, 6.45) is 3.00. The lowest BCUT2D eigenvalue weighted by Crippen LogP contribution is -2.35. The molecule has 1 amide bonds. The quantitative estimate of drug-likeness (QED) is 0.160. The van der Waals surface area contributed by atoms with Gasteiger partial charge >= 0.3 is 0 Å². The summed E-state index contributed by atoms with van der Waals surface area (Å²) in [5.41, 5.74) is 5.77. The Hall–Kier alpha value is -4.68. The zero-order chi connectivity index (χ0) is 36.4. The largest absolute Gasteiger partial charge is 0.444 e. The molecule has 2 fully saturated rings. The van der Waals surface area contributed by atoms with Crippen molar-refractivity contribution in [2.24, 2.45) is 0 Å². The Morgan fingerprint density at radius 3 is 2.66 bits per heavy atom. The number of piperidine rings is 1. The van der Waals surface area contributed by atoms with Crippen molar-refractivity contribution in [2.45, 2.75) is 64.0 Å². The molecule has 2 aromatic heterocycles. The first-order valence-corrected chi connectivity index (χ1v) is 18.6. The third-order valence-electron chi connectivity index (χ3n) is 10.8. The summed E-state index contributed by atoms with van der Waals surface area (Å²) in [6.45, 7) is 7.52. The van der Waals surface area contributed by atoms with Gasteiger partial charge < -0.3 is 24.1 Å². The van der Waals surface area contributed by atoms with Crippen molar-refractivity contribution in [1.29, 1.82) is 0 Å². The van der Waals surface area contributed by atoms with Gasteiger partial charge in [-0.05, 0) is 99.8 Å². The highest BCUT2D eigenvalue weighted by molar-refractivity contribution is 6.35. The first kappa shape index (κ1) is 34.1. The van der Waals surface area contributed by atoms with Gasteiger partial charge in [-0.2, -0.15) is 5.10 Å². The lowest BCUT2D eigenvalue weighted by Gasteiger charge is -2.33. The second kappa shape index (κ2) is 13.3. The summed E-state index contributed by atoms with van der Waals surface area (Å²) in [4.78, 5) is 20.9. The Morgan fingerprint density at radius 1 is 1.06 bits per heavy atom. The molecule has 4 aromatic carbocycles. The van der Waals surface area contributed by atoms with Crippen LogP contribution < -0.4 is 14.8 Å². The van der Waals surface area contributed by atoms with Crippen LogP contribution in [0.1, 0.15) is 65.1 Å². The van der Waals surface area contributed by atoms with E-state index < -0.39 is 11.6 Å². The predicted octanol–water partition coefficient (Wildman–Crippen LogP) is 8.73. The SMILES string of the molecule is Cc1n[nH]c2c(Cl)cc(C(=O)Nc3ccc4c(c3)nc(CN3CCC(c5cccc6c5OC(C)(c5ccc(Cl)cc5F)O6)CC3)n4CC3CCO3)cc12. The zero-order valence-electron chi connectivity index (χ0n) is 29.2. The third kappa shape index (κ3) is 6.29. The molecular weight excluding hydrogens is 718 g/mol. The second-order valence-electron chi connectivity index (χ2n) is 14.3. The molecule has 6 aromatic rings. The maximum absolute atomic E-state index is 14.9. The van der Waals surface area contributed by atoms with E-state index in [0.29, 0.717) is 50.4 Å². The van der Waals surface area contributed by atoms with Crippen molar-refractivity contribution < 1.29 is 23.4 Å². The summed E-state index contributed by atoms with van der Waals surface area (Å²) >= 11 is 12.5. The monoisotopic (exact) mass is 754 g/mol. The maximum Gasteiger partial charge on any atom is 0.278 e. The fraction of sp³-hybridized carbons (Fsp3) is 0.325. The molecule has 0 saturated carbocycles. The Bertz CT molecular complexity index is 2400. The summed E-state index contributed by atoms with van der Waals surface area (Å²) in [5, 5.41) is 11.7. The van der Waals surface area contributed by atoms with Crippen LogP contribution in [-0.2, 0) is 23.6 Å². The van der Waals surface area contributed by atoms with E-state index in [-0.39, 0.29) is 17.9 Å². The number of likely N-dealkylation sites (tertiary alicyclic amines) is 1.